The molecule has 0 aliphatic carbocycles. The standard InChI is InChI=1S/C14H10N4O3/c19-10-5-4-9(13(20)16-10)18-8-3-1-2-7-6-15-17-12(11(7)8)14(18)21/h1-3,6,9H,4-5H2,(H,16,19,20). The lowest BCUT2D eigenvalue weighted by Gasteiger charge is -2.29. The largest absolute Gasteiger partial charge is 0.295 e. The van der Waals surface area contributed by atoms with Gasteiger partial charge in [0.2, 0.25) is 11.8 Å². The van der Waals surface area contributed by atoms with E-state index in [1.54, 1.807) is 18.3 Å². The van der Waals surface area contributed by atoms with Crippen LogP contribution in [0.1, 0.15) is 23.3 Å². The van der Waals surface area contributed by atoms with Crippen molar-refractivity contribution in [1.82, 2.24) is 15.5 Å². The van der Waals surface area contributed by atoms with Gasteiger partial charge in [-0.05, 0) is 12.5 Å². The lowest BCUT2D eigenvalue weighted by atomic mass is 10.0. The van der Waals surface area contributed by atoms with E-state index in [0.717, 1.165) is 5.39 Å². The monoisotopic (exact) mass is 282 g/mol. The van der Waals surface area contributed by atoms with Crippen LogP contribution in [-0.2, 0) is 9.59 Å². The number of carbonyl (C=O) groups is 3. The molecule has 2 aromatic rings. The first-order valence-corrected chi connectivity index (χ1v) is 6.58. The van der Waals surface area contributed by atoms with Crippen LogP contribution in [0, 0.1) is 0 Å². The number of aromatic nitrogens is 2. The maximum absolute atomic E-state index is 12.6. The molecule has 4 rings (SSSR count). The third kappa shape index (κ3) is 1.57. The predicted molar refractivity (Wildman–Crippen MR) is 72.5 cm³/mol. The van der Waals surface area contributed by atoms with Crippen LogP contribution in [0.3, 0.4) is 0 Å². The first kappa shape index (κ1) is 12.0. The van der Waals surface area contributed by atoms with Gasteiger partial charge in [-0.1, -0.05) is 12.1 Å². The Kier molecular flexibility index (Phi) is 2.32. The molecule has 1 aromatic carbocycles. The maximum Gasteiger partial charge on any atom is 0.280 e. The van der Waals surface area contributed by atoms with Crippen LogP contribution >= 0.6 is 0 Å². The molecule has 21 heavy (non-hydrogen) atoms. The highest BCUT2D eigenvalue weighted by Crippen LogP contribution is 2.37. The first-order valence-electron chi connectivity index (χ1n) is 6.58. The first-order chi connectivity index (χ1) is 10.2. The summed E-state index contributed by atoms with van der Waals surface area (Å²) in [7, 11) is 0. The normalized spacial score (nSPS) is 21.0. The number of carbonyl (C=O) groups excluding carboxylic acids is 3. The second-order valence-electron chi connectivity index (χ2n) is 5.08. The van der Waals surface area contributed by atoms with Crippen molar-refractivity contribution in [3.05, 3.63) is 30.1 Å². The van der Waals surface area contributed by atoms with Gasteiger partial charge in [0.15, 0.2) is 5.69 Å². The molecule has 1 fully saturated rings. The highest BCUT2D eigenvalue weighted by atomic mass is 16.2. The lowest BCUT2D eigenvalue weighted by molar-refractivity contribution is -0.134. The highest BCUT2D eigenvalue weighted by molar-refractivity contribution is 6.25. The minimum Gasteiger partial charge on any atom is -0.295 e. The van der Waals surface area contributed by atoms with E-state index in [1.807, 2.05) is 6.07 Å². The Hall–Kier alpha value is -2.83. The maximum atomic E-state index is 12.6. The summed E-state index contributed by atoms with van der Waals surface area (Å²) in [5.74, 6) is -1.10. The molecule has 1 atom stereocenters. The molecule has 1 aromatic heterocycles. The van der Waals surface area contributed by atoms with E-state index in [4.69, 9.17) is 0 Å². The molecule has 0 radical (unpaired) electrons. The predicted octanol–water partition coefficient (Wildman–Crippen LogP) is 0.395. The summed E-state index contributed by atoms with van der Waals surface area (Å²) >= 11 is 0. The molecular formula is C14H10N4O3. The fraction of sp³-hybridized carbons (Fsp3) is 0.214. The van der Waals surface area contributed by atoms with Crippen molar-refractivity contribution in [2.24, 2.45) is 0 Å². The zero-order chi connectivity index (χ0) is 14.6. The molecule has 0 saturated carbocycles. The number of anilines is 1. The summed E-state index contributed by atoms with van der Waals surface area (Å²) in [4.78, 5) is 37.3. The Bertz CT molecular complexity index is 812. The van der Waals surface area contributed by atoms with E-state index in [2.05, 4.69) is 15.5 Å². The molecule has 1 N–H and O–H groups in total. The van der Waals surface area contributed by atoms with E-state index in [9.17, 15) is 14.4 Å². The summed E-state index contributed by atoms with van der Waals surface area (Å²) in [6.07, 6.45) is 2.12. The summed E-state index contributed by atoms with van der Waals surface area (Å²) < 4.78 is 0. The van der Waals surface area contributed by atoms with Gasteiger partial charge in [-0.3, -0.25) is 24.6 Å². The number of hydrogen-bond donors (Lipinski definition) is 1. The summed E-state index contributed by atoms with van der Waals surface area (Å²) in [5.41, 5.74) is 0.907. The number of amides is 3. The molecule has 3 amide bonds. The van der Waals surface area contributed by atoms with Gasteiger partial charge in [-0.25, -0.2) is 0 Å². The number of benzene rings is 1. The number of imide groups is 1. The average molecular weight is 282 g/mol. The molecule has 3 heterocycles. The number of nitrogens with one attached hydrogen (secondary N) is 1. The van der Waals surface area contributed by atoms with Crippen LogP contribution in [0.2, 0.25) is 0 Å². The van der Waals surface area contributed by atoms with Gasteiger partial charge in [-0.15, -0.1) is 5.10 Å². The minimum absolute atomic E-state index is 0.220. The molecule has 0 spiro atoms. The minimum atomic E-state index is -0.685. The van der Waals surface area contributed by atoms with Crippen LogP contribution in [-0.4, -0.2) is 34.0 Å². The number of piperidine rings is 1. The number of nitrogens with zero attached hydrogens (tertiary/aromatic N) is 3. The zero-order valence-corrected chi connectivity index (χ0v) is 10.9. The van der Waals surface area contributed by atoms with Crippen molar-refractivity contribution in [2.45, 2.75) is 18.9 Å². The Morgan fingerprint density at radius 2 is 2.10 bits per heavy atom. The fourth-order valence-corrected chi connectivity index (χ4v) is 2.93. The smallest absolute Gasteiger partial charge is 0.280 e. The lowest BCUT2D eigenvalue weighted by Crippen LogP contribution is -2.53. The molecule has 0 bridgehead atoms. The van der Waals surface area contributed by atoms with Gasteiger partial charge in [0, 0.05) is 17.2 Å². The van der Waals surface area contributed by atoms with E-state index >= 15 is 0 Å². The van der Waals surface area contributed by atoms with Gasteiger partial charge >= 0.3 is 0 Å². The Labute approximate surface area is 118 Å². The second-order valence-corrected chi connectivity index (χ2v) is 5.08. The third-order valence-electron chi connectivity index (χ3n) is 3.87. The number of rotatable bonds is 1. The van der Waals surface area contributed by atoms with E-state index < -0.39 is 11.9 Å². The van der Waals surface area contributed by atoms with Gasteiger partial charge < -0.3 is 0 Å². The summed E-state index contributed by atoms with van der Waals surface area (Å²) in [6.45, 7) is 0. The van der Waals surface area contributed by atoms with Crippen molar-refractivity contribution in [2.75, 3.05) is 4.90 Å². The molecular weight excluding hydrogens is 272 g/mol. The van der Waals surface area contributed by atoms with Crippen molar-refractivity contribution < 1.29 is 14.4 Å². The van der Waals surface area contributed by atoms with Gasteiger partial charge in [0.05, 0.1) is 11.9 Å². The molecule has 7 heteroatoms. The van der Waals surface area contributed by atoms with Crippen LogP contribution in [0.5, 0.6) is 0 Å². The SMILES string of the molecule is O=C1CCC(N2C(=O)c3nncc4cccc2c34)C(=O)N1. The summed E-state index contributed by atoms with van der Waals surface area (Å²) in [5, 5.41) is 11.5. The van der Waals surface area contributed by atoms with Crippen molar-refractivity contribution in [3.63, 3.8) is 0 Å². The van der Waals surface area contributed by atoms with Crippen molar-refractivity contribution >= 4 is 34.2 Å². The highest BCUT2D eigenvalue weighted by Gasteiger charge is 2.41. The van der Waals surface area contributed by atoms with Crippen molar-refractivity contribution in [1.29, 1.82) is 0 Å². The fourth-order valence-electron chi connectivity index (χ4n) is 2.93. The van der Waals surface area contributed by atoms with Crippen LogP contribution in [0.15, 0.2) is 24.4 Å². The van der Waals surface area contributed by atoms with Gasteiger partial charge in [-0.2, -0.15) is 5.10 Å². The molecule has 2 aliphatic rings. The molecule has 1 saturated heterocycles. The van der Waals surface area contributed by atoms with E-state index in [-0.39, 0.29) is 23.9 Å². The average Bonchev–Trinajstić information content (AvgIpc) is 2.75. The van der Waals surface area contributed by atoms with Gasteiger partial charge in [0.1, 0.15) is 6.04 Å². The quantitative estimate of drug-likeness (QED) is 0.764. The van der Waals surface area contributed by atoms with Crippen LogP contribution < -0.4 is 10.2 Å². The van der Waals surface area contributed by atoms with Crippen molar-refractivity contribution in [3.8, 4) is 0 Å². The Morgan fingerprint density at radius 1 is 1.24 bits per heavy atom. The zero-order valence-electron chi connectivity index (χ0n) is 10.9. The molecule has 7 nitrogen and oxygen atoms in total. The van der Waals surface area contributed by atoms with Crippen LogP contribution in [0.4, 0.5) is 5.69 Å². The molecule has 1 unspecified atom stereocenters. The molecule has 104 valence electrons. The molecule has 2 aliphatic heterocycles. The summed E-state index contributed by atoms with van der Waals surface area (Å²) in [6, 6.07) is 4.75. The van der Waals surface area contributed by atoms with E-state index in [0.29, 0.717) is 17.5 Å². The topological polar surface area (TPSA) is 92.3 Å². The third-order valence-corrected chi connectivity index (χ3v) is 3.87. The van der Waals surface area contributed by atoms with E-state index in [1.165, 1.54) is 4.90 Å². The van der Waals surface area contributed by atoms with Gasteiger partial charge in [0.25, 0.3) is 5.91 Å². The number of hydrogen-bond acceptors (Lipinski definition) is 5. The van der Waals surface area contributed by atoms with Crippen LogP contribution in [0.25, 0.3) is 10.8 Å². The second kappa shape index (κ2) is 4.08. The Balaban J connectivity index is 1.86. The Morgan fingerprint density at radius 3 is 2.90 bits per heavy atom.